The molecule has 1 aliphatic carbocycles. The quantitative estimate of drug-likeness (QED) is 0.922. The SMILES string of the molecule is COc1ccc(N2C[C@H](C(=O)N[C@H]3CCc4ccccc43)CC2=O)cc1. The summed E-state index contributed by atoms with van der Waals surface area (Å²) in [5.74, 6) is 0.394. The van der Waals surface area contributed by atoms with E-state index in [-0.39, 0.29) is 30.2 Å². The number of carbonyl (C=O) groups excluding carboxylic acids is 2. The molecule has 26 heavy (non-hydrogen) atoms. The lowest BCUT2D eigenvalue weighted by molar-refractivity contribution is -0.127. The van der Waals surface area contributed by atoms with Gasteiger partial charge in [0.2, 0.25) is 11.8 Å². The number of amides is 2. The van der Waals surface area contributed by atoms with Crippen molar-refractivity contribution in [3.05, 3.63) is 59.7 Å². The van der Waals surface area contributed by atoms with Crippen molar-refractivity contribution in [2.24, 2.45) is 5.92 Å². The molecule has 0 unspecified atom stereocenters. The van der Waals surface area contributed by atoms with Crippen LogP contribution in [-0.4, -0.2) is 25.5 Å². The van der Waals surface area contributed by atoms with Gasteiger partial charge in [-0.1, -0.05) is 24.3 Å². The second-order valence-corrected chi connectivity index (χ2v) is 6.90. The number of anilines is 1. The number of hydrogen-bond donors (Lipinski definition) is 1. The first-order chi connectivity index (χ1) is 12.7. The molecule has 1 saturated heterocycles. The molecule has 2 atom stereocenters. The topological polar surface area (TPSA) is 58.6 Å². The zero-order valence-electron chi connectivity index (χ0n) is 14.8. The van der Waals surface area contributed by atoms with Crippen molar-refractivity contribution in [3.63, 3.8) is 0 Å². The minimum Gasteiger partial charge on any atom is -0.497 e. The van der Waals surface area contributed by atoms with Gasteiger partial charge in [0.05, 0.1) is 19.1 Å². The van der Waals surface area contributed by atoms with Crippen molar-refractivity contribution >= 4 is 17.5 Å². The Morgan fingerprint density at radius 2 is 1.92 bits per heavy atom. The van der Waals surface area contributed by atoms with E-state index in [1.165, 1.54) is 11.1 Å². The molecule has 2 aliphatic rings. The zero-order chi connectivity index (χ0) is 18.1. The number of methoxy groups -OCH3 is 1. The molecule has 1 aliphatic heterocycles. The van der Waals surface area contributed by atoms with Crippen LogP contribution in [0.1, 0.15) is 30.0 Å². The van der Waals surface area contributed by atoms with Crippen molar-refractivity contribution in [2.45, 2.75) is 25.3 Å². The molecule has 2 aromatic rings. The average molecular weight is 350 g/mol. The molecule has 0 spiro atoms. The summed E-state index contributed by atoms with van der Waals surface area (Å²) in [5.41, 5.74) is 3.31. The van der Waals surface area contributed by atoms with Crippen LogP contribution in [0, 0.1) is 5.92 Å². The molecule has 1 heterocycles. The van der Waals surface area contributed by atoms with Gasteiger partial charge in [-0.25, -0.2) is 0 Å². The van der Waals surface area contributed by atoms with Crippen LogP contribution in [0.4, 0.5) is 5.69 Å². The summed E-state index contributed by atoms with van der Waals surface area (Å²) in [5, 5.41) is 3.15. The van der Waals surface area contributed by atoms with Crippen LogP contribution in [0.3, 0.4) is 0 Å². The molecule has 1 N–H and O–H groups in total. The number of rotatable bonds is 4. The van der Waals surface area contributed by atoms with Gasteiger partial charge < -0.3 is 15.0 Å². The molecule has 5 heteroatoms. The monoisotopic (exact) mass is 350 g/mol. The molecule has 2 aromatic carbocycles. The number of aryl methyl sites for hydroxylation is 1. The molecule has 2 amide bonds. The fraction of sp³-hybridized carbons (Fsp3) is 0.333. The van der Waals surface area contributed by atoms with Crippen LogP contribution < -0.4 is 15.0 Å². The first-order valence-electron chi connectivity index (χ1n) is 8.98. The summed E-state index contributed by atoms with van der Waals surface area (Å²) in [6.07, 6.45) is 2.17. The van der Waals surface area contributed by atoms with Gasteiger partial charge in [0.1, 0.15) is 5.75 Å². The number of benzene rings is 2. The standard InChI is InChI=1S/C21H22N2O3/c1-26-17-9-7-16(8-10-17)23-13-15(12-20(23)24)21(25)22-19-11-6-14-4-2-3-5-18(14)19/h2-5,7-10,15,19H,6,11-13H2,1H3,(H,22,25)/t15-,19+/m1/s1. The number of carbonyl (C=O) groups is 2. The highest BCUT2D eigenvalue weighted by atomic mass is 16.5. The van der Waals surface area contributed by atoms with Crippen molar-refractivity contribution in [2.75, 3.05) is 18.6 Å². The lowest BCUT2D eigenvalue weighted by Gasteiger charge is -2.19. The number of hydrogen-bond acceptors (Lipinski definition) is 3. The maximum atomic E-state index is 12.7. The number of nitrogens with one attached hydrogen (secondary N) is 1. The molecular weight excluding hydrogens is 328 g/mol. The molecule has 134 valence electrons. The van der Waals surface area contributed by atoms with Crippen LogP contribution in [0.2, 0.25) is 0 Å². The van der Waals surface area contributed by atoms with Crippen LogP contribution in [0.5, 0.6) is 5.75 Å². The van der Waals surface area contributed by atoms with E-state index < -0.39 is 0 Å². The van der Waals surface area contributed by atoms with E-state index in [1.54, 1.807) is 12.0 Å². The van der Waals surface area contributed by atoms with Crippen molar-refractivity contribution < 1.29 is 14.3 Å². The lowest BCUT2D eigenvalue weighted by Crippen LogP contribution is -2.34. The van der Waals surface area contributed by atoms with Gasteiger partial charge in [-0.2, -0.15) is 0 Å². The normalized spacial score (nSPS) is 21.6. The maximum absolute atomic E-state index is 12.7. The Morgan fingerprint density at radius 1 is 1.15 bits per heavy atom. The first kappa shape index (κ1) is 16.6. The van der Waals surface area contributed by atoms with Crippen molar-refractivity contribution in [1.82, 2.24) is 5.32 Å². The summed E-state index contributed by atoms with van der Waals surface area (Å²) >= 11 is 0. The van der Waals surface area contributed by atoms with E-state index in [4.69, 9.17) is 4.74 Å². The molecule has 1 fully saturated rings. The summed E-state index contributed by atoms with van der Waals surface area (Å²) in [6.45, 7) is 0.422. The van der Waals surface area contributed by atoms with E-state index in [0.717, 1.165) is 24.3 Å². The van der Waals surface area contributed by atoms with Crippen LogP contribution in [0.25, 0.3) is 0 Å². The smallest absolute Gasteiger partial charge is 0.227 e. The van der Waals surface area contributed by atoms with E-state index >= 15 is 0 Å². The average Bonchev–Trinajstić information content (AvgIpc) is 3.26. The lowest BCUT2D eigenvalue weighted by atomic mass is 10.1. The molecule has 0 bridgehead atoms. The molecule has 4 rings (SSSR count). The Balaban J connectivity index is 1.42. The molecule has 0 radical (unpaired) electrons. The molecule has 0 saturated carbocycles. The van der Waals surface area contributed by atoms with Gasteiger partial charge >= 0.3 is 0 Å². The highest BCUT2D eigenvalue weighted by Gasteiger charge is 2.36. The van der Waals surface area contributed by atoms with E-state index in [2.05, 4.69) is 17.4 Å². The predicted octanol–water partition coefficient (Wildman–Crippen LogP) is 2.85. The van der Waals surface area contributed by atoms with Gasteiger partial charge in [-0.05, 0) is 48.2 Å². The van der Waals surface area contributed by atoms with Gasteiger partial charge in [0.15, 0.2) is 0 Å². The Labute approximate surface area is 153 Å². The second-order valence-electron chi connectivity index (χ2n) is 6.90. The van der Waals surface area contributed by atoms with E-state index in [0.29, 0.717) is 6.54 Å². The zero-order valence-corrected chi connectivity index (χ0v) is 14.8. The fourth-order valence-electron chi connectivity index (χ4n) is 3.89. The predicted molar refractivity (Wildman–Crippen MR) is 99.1 cm³/mol. The highest BCUT2D eigenvalue weighted by molar-refractivity contribution is 6.00. The van der Waals surface area contributed by atoms with Crippen LogP contribution in [-0.2, 0) is 16.0 Å². The maximum Gasteiger partial charge on any atom is 0.227 e. The Kier molecular flexibility index (Phi) is 4.37. The van der Waals surface area contributed by atoms with Gasteiger partial charge in [-0.3, -0.25) is 9.59 Å². The minimum absolute atomic E-state index is 0.0119. The van der Waals surface area contributed by atoms with Gasteiger partial charge in [0, 0.05) is 18.7 Å². The first-order valence-corrected chi connectivity index (χ1v) is 8.98. The third-order valence-corrected chi connectivity index (χ3v) is 5.33. The third-order valence-electron chi connectivity index (χ3n) is 5.33. The van der Waals surface area contributed by atoms with Crippen LogP contribution in [0.15, 0.2) is 48.5 Å². The van der Waals surface area contributed by atoms with Gasteiger partial charge in [-0.15, -0.1) is 0 Å². The Morgan fingerprint density at radius 3 is 2.69 bits per heavy atom. The molecular formula is C21H22N2O3. The van der Waals surface area contributed by atoms with Crippen LogP contribution >= 0.6 is 0 Å². The summed E-state index contributed by atoms with van der Waals surface area (Å²) < 4.78 is 5.15. The second kappa shape index (κ2) is 6.83. The Hall–Kier alpha value is -2.82. The largest absolute Gasteiger partial charge is 0.497 e. The van der Waals surface area contributed by atoms with Gasteiger partial charge in [0.25, 0.3) is 0 Å². The third kappa shape index (κ3) is 3.05. The molecule has 0 aromatic heterocycles. The number of nitrogens with zero attached hydrogens (tertiary/aromatic N) is 1. The molecule has 5 nitrogen and oxygen atoms in total. The summed E-state index contributed by atoms with van der Waals surface area (Å²) in [7, 11) is 1.61. The van der Waals surface area contributed by atoms with Crippen molar-refractivity contribution in [1.29, 1.82) is 0 Å². The fourth-order valence-corrected chi connectivity index (χ4v) is 3.89. The summed E-state index contributed by atoms with van der Waals surface area (Å²) in [6, 6.07) is 15.6. The Bertz CT molecular complexity index is 831. The number of fused-ring (bicyclic) bond motifs is 1. The van der Waals surface area contributed by atoms with E-state index in [1.807, 2.05) is 36.4 Å². The highest BCUT2D eigenvalue weighted by Crippen LogP contribution is 2.32. The summed E-state index contributed by atoms with van der Waals surface area (Å²) in [4.78, 5) is 26.8. The minimum atomic E-state index is -0.308. The number of ether oxygens (including phenoxy) is 1. The van der Waals surface area contributed by atoms with Crippen molar-refractivity contribution in [3.8, 4) is 5.75 Å². The van der Waals surface area contributed by atoms with E-state index in [9.17, 15) is 9.59 Å².